The van der Waals surface area contributed by atoms with Gasteiger partial charge in [-0.05, 0) is 40.3 Å². The molecule has 8 heteroatoms. The lowest BCUT2D eigenvalue weighted by Crippen LogP contribution is -2.43. The van der Waals surface area contributed by atoms with Crippen molar-refractivity contribution in [2.24, 2.45) is 0 Å². The summed E-state index contributed by atoms with van der Waals surface area (Å²) >= 11 is 0. The fraction of sp³-hybridized carbons (Fsp3) is 0.562. The van der Waals surface area contributed by atoms with Crippen LogP contribution in [0.15, 0.2) is 24.3 Å². The summed E-state index contributed by atoms with van der Waals surface area (Å²) in [7, 11) is 7.50. The lowest BCUT2D eigenvalue weighted by molar-refractivity contribution is -0.136. The molecule has 136 valence electrons. The molecule has 0 aliphatic carbocycles. The molecule has 1 N–H and O–H groups in total. The Bertz CT molecular complexity index is 520. The maximum Gasteiger partial charge on any atom is 0.418 e. The van der Waals surface area contributed by atoms with Gasteiger partial charge in [-0.3, -0.25) is 0 Å². The van der Waals surface area contributed by atoms with Gasteiger partial charge in [-0.2, -0.15) is 13.2 Å². The van der Waals surface area contributed by atoms with Crippen LogP contribution in [-0.2, 0) is 6.18 Å². The van der Waals surface area contributed by atoms with Crippen LogP contribution in [0.1, 0.15) is 5.56 Å². The van der Waals surface area contributed by atoms with Crippen LogP contribution in [0.4, 0.5) is 23.7 Å². The van der Waals surface area contributed by atoms with Crippen molar-refractivity contribution < 1.29 is 18.0 Å². The Hall–Kier alpha value is -1.80. The van der Waals surface area contributed by atoms with Crippen LogP contribution in [0.5, 0.6) is 0 Å². The average molecular weight is 346 g/mol. The summed E-state index contributed by atoms with van der Waals surface area (Å²) < 4.78 is 39.1. The highest BCUT2D eigenvalue weighted by atomic mass is 19.4. The second-order valence-electron chi connectivity index (χ2n) is 6.07. The van der Waals surface area contributed by atoms with E-state index in [1.54, 1.807) is 0 Å². The molecule has 5 nitrogen and oxygen atoms in total. The van der Waals surface area contributed by atoms with Crippen LogP contribution in [0.25, 0.3) is 0 Å². The smallest absolute Gasteiger partial charge is 0.322 e. The zero-order valence-electron chi connectivity index (χ0n) is 14.5. The number of para-hydroxylation sites is 1. The van der Waals surface area contributed by atoms with Gasteiger partial charge in [-0.25, -0.2) is 4.79 Å². The quantitative estimate of drug-likeness (QED) is 0.825. The van der Waals surface area contributed by atoms with E-state index in [0.29, 0.717) is 26.2 Å². The van der Waals surface area contributed by atoms with Gasteiger partial charge >= 0.3 is 12.2 Å². The van der Waals surface area contributed by atoms with Crippen LogP contribution < -0.4 is 5.32 Å². The molecule has 0 aliphatic heterocycles. The number of likely N-dealkylation sites (N-methyl/N-ethyl adjacent to an activating group) is 2. The van der Waals surface area contributed by atoms with E-state index in [2.05, 4.69) is 5.32 Å². The van der Waals surface area contributed by atoms with Gasteiger partial charge in [0.25, 0.3) is 0 Å². The maximum atomic E-state index is 13.0. The molecule has 2 amide bonds. The molecular weight excluding hydrogens is 321 g/mol. The van der Waals surface area contributed by atoms with Gasteiger partial charge in [0.05, 0.1) is 11.3 Å². The number of hydrogen-bond donors (Lipinski definition) is 1. The number of rotatable bonds is 7. The Morgan fingerprint density at radius 2 is 1.46 bits per heavy atom. The number of alkyl halides is 3. The SMILES string of the molecule is CN(C)CCN(CCN(C)C)C(=O)Nc1ccccc1C(F)(F)F. The molecule has 1 rings (SSSR count). The predicted octanol–water partition coefficient (Wildman–Crippen LogP) is 2.66. The minimum absolute atomic E-state index is 0.227. The summed E-state index contributed by atoms with van der Waals surface area (Å²) in [6.07, 6.45) is -4.51. The first-order chi connectivity index (χ1) is 11.1. The van der Waals surface area contributed by atoms with Crippen molar-refractivity contribution in [2.75, 3.05) is 59.7 Å². The number of nitrogens with one attached hydrogen (secondary N) is 1. The Morgan fingerprint density at radius 1 is 0.958 bits per heavy atom. The van der Waals surface area contributed by atoms with E-state index >= 15 is 0 Å². The van der Waals surface area contributed by atoms with E-state index in [1.807, 2.05) is 38.0 Å². The van der Waals surface area contributed by atoms with Crippen molar-refractivity contribution in [3.63, 3.8) is 0 Å². The highest BCUT2D eigenvalue weighted by molar-refractivity contribution is 5.90. The minimum Gasteiger partial charge on any atom is -0.322 e. The second kappa shape index (κ2) is 8.89. The molecule has 1 aromatic rings. The molecule has 0 saturated heterocycles. The number of halogens is 3. The number of anilines is 1. The number of hydrogen-bond acceptors (Lipinski definition) is 3. The van der Waals surface area contributed by atoms with Gasteiger partial charge in [0, 0.05) is 26.2 Å². The summed E-state index contributed by atoms with van der Waals surface area (Å²) in [5.41, 5.74) is -1.08. The first-order valence-corrected chi connectivity index (χ1v) is 7.63. The molecule has 0 aromatic heterocycles. The summed E-state index contributed by atoms with van der Waals surface area (Å²) in [4.78, 5) is 17.8. The van der Waals surface area contributed by atoms with E-state index in [1.165, 1.54) is 23.1 Å². The number of nitrogens with zero attached hydrogens (tertiary/aromatic N) is 3. The molecular formula is C16H25F3N4O. The van der Waals surface area contributed by atoms with Crippen molar-refractivity contribution in [3.8, 4) is 0 Å². The third-order valence-electron chi connectivity index (χ3n) is 3.40. The van der Waals surface area contributed by atoms with Gasteiger partial charge in [0.1, 0.15) is 0 Å². The van der Waals surface area contributed by atoms with Crippen molar-refractivity contribution in [2.45, 2.75) is 6.18 Å². The van der Waals surface area contributed by atoms with Gasteiger partial charge < -0.3 is 20.0 Å². The summed E-state index contributed by atoms with van der Waals surface area (Å²) in [5.74, 6) is 0. The van der Waals surface area contributed by atoms with Crippen LogP contribution in [0, 0.1) is 0 Å². The standard InChI is InChI=1S/C16H25F3N4O/c1-21(2)9-11-23(12-10-22(3)4)15(24)20-14-8-6-5-7-13(14)16(17,18)19/h5-8H,9-12H2,1-4H3,(H,20,24). The number of carbonyl (C=O) groups is 1. The molecule has 1 aromatic carbocycles. The molecule has 0 radical (unpaired) electrons. The van der Waals surface area contributed by atoms with E-state index in [-0.39, 0.29) is 5.69 Å². The molecule has 0 unspecified atom stereocenters. The Kier molecular flexibility index (Phi) is 7.50. The molecule has 0 fully saturated rings. The van der Waals surface area contributed by atoms with Crippen LogP contribution in [0.2, 0.25) is 0 Å². The summed E-state index contributed by atoms with van der Waals surface area (Å²) in [5, 5.41) is 2.39. The molecule has 0 bridgehead atoms. The maximum absolute atomic E-state index is 13.0. The topological polar surface area (TPSA) is 38.8 Å². The van der Waals surface area contributed by atoms with E-state index in [0.717, 1.165) is 6.07 Å². The molecule has 0 aliphatic rings. The van der Waals surface area contributed by atoms with E-state index in [9.17, 15) is 18.0 Å². The number of carbonyl (C=O) groups excluding carboxylic acids is 1. The number of urea groups is 1. The minimum atomic E-state index is -4.51. The summed E-state index contributed by atoms with van der Waals surface area (Å²) in [6.45, 7) is 2.12. The fourth-order valence-electron chi connectivity index (χ4n) is 1.99. The second-order valence-corrected chi connectivity index (χ2v) is 6.07. The van der Waals surface area contributed by atoms with Crippen LogP contribution in [-0.4, -0.2) is 75.1 Å². The highest BCUT2D eigenvalue weighted by Crippen LogP contribution is 2.34. The van der Waals surface area contributed by atoms with Gasteiger partial charge in [-0.1, -0.05) is 12.1 Å². The fourth-order valence-corrected chi connectivity index (χ4v) is 1.99. The molecule has 0 saturated carbocycles. The molecule has 0 heterocycles. The van der Waals surface area contributed by atoms with Gasteiger partial charge in [0.15, 0.2) is 0 Å². The van der Waals surface area contributed by atoms with Crippen LogP contribution >= 0.6 is 0 Å². The Morgan fingerprint density at radius 3 is 1.92 bits per heavy atom. The molecule has 0 atom stereocenters. The van der Waals surface area contributed by atoms with Crippen molar-refractivity contribution in [3.05, 3.63) is 29.8 Å². The van der Waals surface area contributed by atoms with Crippen molar-refractivity contribution in [1.82, 2.24) is 14.7 Å². The van der Waals surface area contributed by atoms with Crippen LogP contribution in [0.3, 0.4) is 0 Å². The van der Waals surface area contributed by atoms with E-state index in [4.69, 9.17) is 0 Å². The lowest BCUT2D eigenvalue weighted by Gasteiger charge is -2.26. The number of benzene rings is 1. The first kappa shape index (κ1) is 20.2. The van der Waals surface area contributed by atoms with Crippen molar-refractivity contribution >= 4 is 11.7 Å². The lowest BCUT2D eigenvalue weighted by atomic mass is 10.1. The molecule has 0 spiro atoms. The zero-order chi connectivity index (χ0) is 18.3. The first-order valence-electron chi connectivity index (χ1n) is 7.63. The van der Waals surface area contributed by atoms with Crippen molar-refractivity contribution in [1.29, 1.82) is 0 Å². The normalized spacial score (nSPS) is 11.9. The predicted molar refractivity (Wildman–Crippen MR) is 89.1 cm³/mol. The van der Waals surface area contributed by atoms with E-state index < -0.39 is 17.8 Å². The Labute approximate surface area is 141 Å². The monoisotopic (exact) mass is 346 g/mol. The highest BCUT2D eigenvalue weighted by Gasteiger charge is 2.33. The number of amides is 2. The average Bonchev–Trinajstić information content (AvgIpc) is 2.46. The zero-order valence-corrected chi connectivity index (χ0v) is 14.5. The third kappa shape index (κ3) is 6.76. The van der Waals surface area contributed by atoms with Gasteiger partial charge in [-0.15, -0.1) is 0 Å². The largest absolute Gasteiger partial charge is 0.418 e. The molecule has 24 heavy (non-hydrogen) atoms. The van der Waals surface area contributed by atoms with Gasteiger partial charge in [0.2, 0.25) is 0 Å². The summed E-state index contributed by atoms with van der Waals surface area (Å²) in [6, 6.07) is 4.45. The third-order valence-corrected chi connectivity index (χ3v) is 3.40. The Balaban J connectivity index is 2.87.